The molecule has 0 aliphatic carbocycles. The summed E-state index contributed by atoms with van der Waals surface area (Å²) < 4.78 is 4.77. The van der Waals surface area contributed by atoms with E-state index in [1.54, 1.807) is 0 Å². The average molecular weight is 168 g/mol. The van der Waals surface area contributed by atoms with Gasteiger partial charge in [0, 0.05) is 12.8 Å². The van der Waals surface area contributed by atoms with Crippen LogP contribution in [0.15, 0.2) is 0 Å². The molecule has 0 rings (SSSR count). The number of hydrogen-bond donors (Lipinski definition) is 1. The SMILES string of the molecule is CCC(C)P(O)(=S)OC. The predicted molar refractivity (Wildman–Crippen MR) is 43.3 cm³/mol. The average Bonchev–Trinajstić information content (AvgIpc) is 1.86. The molecule has 9 heavy (non-hydrogen) atoms. The third-order valence-electron chi connectivity index (χ3n) is 1.41. The van der Waals surface area contributed by atoms with Gasteiger partial charge in [-0.1, -0.05) is 13.8 Å². The molecule has 0 aromatic heterocycles. The largest absolute Gasteiger partial charge is 0.345 e. The van der Waals surface area contributed by atoms with Gasteiger partial charge in [-0.3, -0.25) is 0 Å². The van der Waals surface area contributed by atoms with Gasteiger partial charge >= 0.3 is 0 Å². The Bertz CT molecular complexity index is 126. The Hall–Kier alpha value is 0.570. The molecular formula is C5H13O2PS. The molecule has 1 N–H and O–H groups in total. The van der Waals surface area contributed by atoms with Crippen molar-refractivity contribution in [2.75, 3.05) is 7.11 Å². The van der Waals surface area contributed by atoms with Crippen molar-refractivity contribution in [3.63, 3.8) is 0 Å². The Morgan fingerprint density at radius 2 is 2.22 bits per heavy atom. The summed E-state index contributed by atoms with van der Waals surface area (Å²) in [6, 6.07) is 0. The van der Waals surface area contributed by atoms with Gasteiger partial charge in [-0.25, -0.2) is 0 Å². The third kappa shape index (κ3) is 2.76. The van der Waals surface area contributed by atoms with Crippen LogP contribution < -0.4 is 0 Å². The first-order chi connectivity index (χ1) is 4.04. The van der Waals surface area contributed by atoms with Crippen LogP contribution in [-0.4, -0.2) is 17.7 Å². The second-order valence-electron chi connectivity index (χ2n) is 2.00. The quantitative estimate of drug-likeness (QED) is 0.651. The molecular weight excluding hydrogens is 155 g/mol. The van der Waals surface area contributed by atoms with Crippen LogP contribution in [0.1, 0.15) is 20.3 Å². The minimum atomic E-state index is -2.43. The zero-order chi connectivity index (χ0) is 7.49. The van der Waals surface area contributed by atoms with Gasteiger partial charge in [-0.15, -0.1) is 0 Å². The normalized spacial score (nSPS) is 20.9. The van der Waals surface area contributed by atoms with Crippen LogP contribution in [0.5, 0.6) is 0 Å². The summed E-state index contributed by atoms with van der Waals surface area (Å²) >= 11 is 4.81. The molecule has 0 fully saturated rings. The number of rotatable bonds is 3. The molecule has 0 spiro atoms. The first kappa shape index (κ1) is 9.57. The van der Waals surface area contributed by atoms with E-state index in [2.05, 4.69) is 0 Å². The first-order valence-electron chi connectivity index (χ1n) is 2.92. The fraction of sp³-hybridized carbons (Fsp3) is 1.00. The van der Waals surface area contributed by atoms with Gasteiger partial charge in [0.1, 0.15) is 0 Å². The lowest BCUT2D eigenvalue weighted by atomic mass is 10.4. The van der Waals surface area contributed by atoms with E-state index in [0.717, 1.165) is 6.42 Å². The van der Waals surface area contributed by atoms with Crippen molar-refractivity contribution in [3.05, 3.63) is 0 Å². The lowest BCUT2D eigenvalue weighted by molar-refractivity contribution is 0.376. The lowest BCUT2D eigenvalue weighted by Crippen LogP contribution is -2.01. The van der Waals surface area contributed by atoms with E-state index in [-0.39, 0.29) is 5.66 Å². The fourth-order valence-electron chi connectivity index (χ4n) is 0.411. The van der Waals surface area contributed by atoms with E-state index in [9.17, 15) is 4.89 Å². The van der Waals surface area contributed by atoms with Gasteiger partial charge in [0.15, 0.2) is 6.49 Å². The monoisotopic (exact) mass is 168 g/mol. The minimum Gasteiger partial charge on any atom is -0.345 e. The highest BCUT2D eigenvalue weighted by atomic mass is 32.5. The Labute approximate surface area is 61.4 Å². The summed E-state index contributed by atoms with van der Waals surface area (Å²) in [6.45, 7) is 1.46. The maximum absolute atomic E-state index is 9.30. The maximum atomic E-state index is 9.30. The molecule has 0 saturated carbocycles. The van der Waals surface area contributed by atoms with Gasteiger partial charge in [-0.2, -0.15) is 0 Å². The minimum absolute atomic E-state index is 0.123. The topological polar surface area (TPSA) is 29.5 Å². The molecule has 4 heteroatoms. The molecule has 0 aromatic carbocycles. The summed E-state index contributed by atoms with van der Waals surface area (Å²) in [5.74, 6) is 0. The molecule has 2 nitrogen and oxygen atoms in total. The Morgan fingerprint density at radius 1 is 1.78 bits per heavy atom. The zero-order valence-corrected chi connectivity index (χ0v) is 7.71. The third-order valence-corrected chi connectivity index (χ3v) is 4.94. The second kappa shape index (κ2) is 3.67. The Balaban J connectivity index is 3.98. The van der Waals surface area contributed by atoms with Crippen molar-refractivity contribution in [2.45, 2.75) is 25.9 Å². The van der Waals surface area contributed by atoms with Crippen LogP contribution in [0.4, 0.5) is 0 Å². The van der Waals surface area contributed by atoms with E-state index in [4.69, 9.17) is 16.3 Å². The standard InChI is InChI=1S/C5H13O2PS/c1-4-5(2)8(6,9)7-3/h5H,4H2,1-3H3,(H,6,9). The summed E-state index contributed by atoms with van der Waals surface area (Å²) in [7, 11) is 1.47. The molecule has 0 aliphatic rings. The summed E-state index contributed by atoms with van der Waals surface area (Å²) in [5.41, 5.74) is 0.123. The summed E-state index contributed by atoms with van der Waals surface area (Å²) in [4.78, 5) is 9.30. The second-order valence-corrected chi connectivity index (χ2v) is 5.95. The molecule has 0 bridgehead atoms. The van der Waals surface area contributed by atoms with Crippen LogP contribution >= 0.6 is 6.49 Å². The van der Waals surface area contributed by atoms with Crippen molar-refractivity contribution in [1.29, 1.82) is 0 Å². The fourth-order valence-corrected chi connectivity index (χ4v) is 1.68. The van der Waals surface area contributed by atoms with E-state index in [1.807, 2.05) is 13.8 Å². The lowest BCUT2D eigenvalue weighted by Gasteiger charge is -2.18. The van der Waals surface area contributed by atoms with Crippen molar-refractivity contribution >= 4 is 18.3 Å². The Kier molecular flexibility index (Phi) is 3.90. The summed E-state index contributed by atoms with van der Waals surface area (Å²) in [5, 5.41) is 0. The van der Waals surface area contributed by atoms with Crippen LogP contribution in [0, 0.1) is 0 Å². The summed E-state index contributed by atoms with van der Waals surface area (Å²) in [6.07, 6.45) is 0.877. The van der Waals surface area contributed by atoms with Crippen LogP contribution in [0.3, 0.4) is 0 Å². The van der Waals surface area contributed by atoms with Gasteiger partial charge in [0.25, 0.3) is 0 Å². The highest BCUT2D eigenvalue weighted by Crippen LogP contribution is 2.47. The zero-order valence-electron chi connectivity index (χ0n) is 6.00. The molecule has 56 valence electrons. The van der Waals surface area contributed by atoms with Crippen molar-refractivity contribution in [2.24, 2.45) is 0 Å². The van der Waals surface area contributed by atoms with E-state index < -0.39 is 6.49 Å². The van der Waals surface area contributed by atoms with Crippen molar-refractivity contribution in [3.8, 4) is 0 Å². The van der Waals surface area contributed by atoms with Crippen molar-refractivity contribution in [1.82, 2.24) is 0 Å². The molecule has 0 aromatic rings. The molecule has 0 amide bonds. The van der Waals surface area contributed by atoms with Gasteiger partial charge in [0.2, 0.25) is 0 Å². The van der Waals surface area contributed by atoms with Crippen molar-refractivity contribution < 1.29 is 9.42 Å². The highest BCUT2D eigenvalue weighted by molar-refractivity contribution is 8.09. The van der Waals surface area contributed by atoms with Gasteiger partial charge < -0.3 is 9.42 Å². The molecule has 2 unspecified atom stereocenters. The van der Waals surface area contributed by atoms with Crippen LogP contribution in [-0.2, 0) is 16.3 Å². The number of hydrogen-bond acceptors (Lipinski definition) is 2. The molecule has 0 radical (unpaired) electrons. The first-order valence-corrected chi connectivity index (χ1v) is 5.67. The van der Waals surface area contributed by atoms with Gasteiger partial charge in [0.05, 0.1) is 0 Å². The van der Waals surface area contributed by atoms with E-state index in [0.29, 0.717) is 0 Å². The van der Waals surface area contributed by atoms with E-state index in [1.165, 1.54) is 7.11 Å². The highest BCUT2D eigenvalue weighted by Gasteiger charge is 2.18. The molecule has 2 atom stereocenters. The molecule has 0 aliphatic heterocycles. The van der Waals surface area contributed by atoms with Crippen LogP contribution in [0.2, 0.25) is 0 Å². The van der Waals surface area contributed by atoms with Crippen LogP contribution in [0.25, 0.3) is 0 Å². The molecule has 0 saturated heterocycles. The maximum Gasteiger partial charge on any atom is 0.188 e. The smallest absolute Gasteiger partial charge is 0.188 e. The van der Waals surface area contributed by atoms with E-state index >= 15 is 0 Å². The molecule has 0 heterocycles. The Morgan fingerprint density at radius 3 is 2.33 bits per heavy atom. The van der Waals surface area contributed by atoms with Gasteiger partial charge in [-0.05, 0) is 18.2 Å². The predicted octanol–water partition coefficient (Wildman–Crippen LogP) is 1.73.